The van der Waals surface area contributed by atoms with Gasteiger partial charge in [0.05, 0.1) is 24.4 Å². The quantitative estimate of drug-likeness (QED) is 0.759. The van der Waals surface area contributed by atoms with Crippen LogP contribution in [0.25, 0.3) is 11.1 Å². The van der Waals surface area contributed by atoms with E-state index >= 15 is 0 Å². The van der Waals surface area contributed by atoms with Crippen molar-refractivity contribution in [3.63, 3.8) is 0 Å². The molecule has 164 valence electrons. The third kappa shape index (κ3) is 4.14. The average Bonchev–Trinajstić information content (AvgIpc) is 3.49. The van der Waals surface area contributed by atoms with E-state index in [9.17, 15) is 9.59 Å². The van der Waals surface area contributed by atoms with E-state index < -0.39 is 17.1 Å². The minimum Gasteiger partial charge on any atom is -0.494 e. The number of rotatable bonds is 4. The van der Waals surface area contributed by atoms with Crippen LogP contribution < -0.4 is 15.0 Å². The highest BCUT2D eigenvalue weighted by Gasteiger charge is 2.53. The number of amides is 1. The lowest BCUT2D eigenvalue weighted by Gasteiger charge is -2.34. The van der Waals surface area contributed by atoms with Gasteiger partial charge in [0.25, 0.3) is 0 Å². The van der Waals surface area contributed by atoms with E-state index in [0.717, 1.165) is 36.3 Å². The maximum absolute atomic E-state index is 13.1. The van der Waals surface area contributed by atoms with Crippen LogP contribution in [0, 0.1) is 6.92 Å². The molecule has 4 rings (SSSR count). The summed E-state index contributed by atoms with van der Waals surface area (Å²) < 4.78 is 11.2. The minimum atomic E-state index is -0.627. The molecule has 1 saturated heterocycles. The van der Waals surface area contributed by atoms with Crippen molar-refractivity contribution < 1.29 is 19.1 Å². The van der Waals surface area contributed by atoms with Crippen molar-refractivity contribution in [1.82, 2.24) is 10.3 Å². The van der Waals surface area contributed by atoms with Crippen LogP contribution in [-0.4, -0.2) is 48.2 Å². The topological polar surface area (TPSA) is 80.8 Å². The monoisotopic (exact) mass is 423 g/mol. The summed E-state index contributed by atoms with van der Waals surface area (Å²) in [4.78, 5) is 32.2. The van der Waals surface area contributed by atoms with Crippen molar-refractivity contribution in [2.24, 2.45) is 0 Å². The first-order valence-electron chi connectivity index (χ1n) is 10.6. The first-order valence-corrected chi connectivity index (χ1v) is 10.6. The van der Waals surface area contributed by atoms with Crippen LogP contribution >= 0.6 is 0 Å². The van der Waals surface area contributed by atoms with Crippen molar-refractivity contribution in [1.29, 1.82) is 0 Å². The summed E-state index contributed by atoms with van der Waals surface area (Å²) in [6.07, 6.45) is 3.37. The predicted molar refractivity (Wildman–Crippen MR) is 118 cm³/mol. The summed E-state index contributed by atoms with van der Waals surface area (Å²) in [5, 5.41) is 3.35. The van der Waals surface area contributed by atoms with Crippen LogP contribution in [0.2, 0.25) is 0 Å². The molecule has 0 unspecified atom stereocenters. The Labute approximate surface area is 182 Å². The Morgan fingerprint density at radius 2 is 1.94 bits per heavy atom. The number of piperazine rings is 1. The number of ether oxygens (including phenoxy) is 2. The minimum absolute atomic E-state index is 0.0904. The lowest BCUT2D eigenvalue weighted by Crippen LogP contribution is -2.57. The van der Waals surface area contributed by atoms with Crippen LogP contribution in [0.4, 0.5) is 5.69 Å². The first-order chi connectivity index (χ1) is 14.6. The maximum atomic E-state index is 13.1. The van der Waals surface area contributed by atoms with Crippen LogP contribution in [0.5, 0.6) is 5.75 Å². The fourth-order valence-electron chi connectivity index (χ4n) is 3.96. The Kier molecular flexibility index (Phi) is 5.25. The maximum Gasteiger partial charge on any atom is 0.339 e. The molecule has 7 nitrogen and oxygen atoms in total. The van der Waals surface area contributed by atoms with Crippen LogP contribution in [0.15, 0.2) is 30.5 Å². The van der Waals surface area contributed by atoms with E-state index in [1.165, 1.54) is 0 Å². The number of aryl methyl sites for hydroxylation is 1. The molecule has 1 aliphatic carbocycles. The summed E-state index contributed by atoms with van der Waals surface area (Å²) in [7, 11) is 1.57. The normalized spacial score (nSPS) is 17.6. The molecule has 1 N–H and O–H groups in total. The number of methoxy groups -OCH3 is 1. The van der Waals surface area contributed by atoms with Gasteiger partial charge in [0, 0.05) is 35.6 Å². The lowest BCUT2D eigenvalue weighted by atomic mass is 9.97. The number of nitrogens with zero attached hydrogens (tertiary/aromatic N) is 2. The summed E-state index contributed by atoms with van der Waals surface area (Å²) in [6, 6.07) is 7.33. The average molecular weight is 424 g/mol. The van der Waals surface area contributed by atoms with Gasteiger partial charge in [-0.1, -0.05) is 0 Å². The van der Waals surface area contributed by atoms with Gasteiger partial charge in [0.1, 0.15) is 11.4 Å². The highest BCUT2D eigenvalue weighted by atomic mass is 16.6. The predicted octanol–water partition coefficient (Wildman–Crippen LogP) is 3.49. The molecule has 1 aromatic heterocycles. The smallest absolute Gasteiger partial charge is 0.339 e. The molecule has 1 saturated carbocycles. The van der Waals surface area contributed by atoms with Crippen LogP contribution in [-0.2, 0) is 9.53 Å². The van der Waals surface area contributed by atoms with E-state index in [4.69, 9.17) is 9.47 Å². The van der Waals surface area contributed by atoms with Crippen molar-refractivity contribution in [2.75, 3.05) is 25.1 Å². The van der Waals surface area contributed by atoms with Crippen LogP contribution in [0.1, 0.15) is 49.7 Å². The lowest BCUT2D eigenvalue weighted by molar-refractivity contribution is -0.122. The molecule has 7 heteroatoms. The number of carbonyl (C=O) groups is 2. The molecule has 1 aromatic carbocycles. The molecule has 0 radical (unpaired) electrons. The molecule has 2 fully saturated rings. The Bertz CT molecular complexity index is 1040. The standard InChI is InChI=1S/C24H29N3O4/c1-15-12-19(20(30-5)14-25-15)18-13-16(6-7-17(18)21(28)31-23(2,3)4)27-11-10-26-24(8-9-24)22(27)29/h6-7,12-14,26H,8-11H2,1-5H3. The molecular weight excluding hydrogens is 394 g/mol. The fraction of sp³-hybridized carbons (Fsp3) is 0.458. The first kappa shape index (κ1) is 21.3. The summed E-state index contributed by atoms with van der Waals surface area (Å²) >= 11 is 0. The number of hydrogen-bond donors (Lipinski definition) is 1. The van der Waals surface area contributed by atoms with E-state index in [-0.39, 0.29) is 5.91 Å². The van der Waals surface area contributed by atoms with Gasteiger partial charge in [-0.3, -0.25) is 9.78 Å². The molecule has 2 aromatic rings. The Morgan fingerprint density at radius 1 is 1.19 bits per heavy atom. The fourth-order valence-corrected chi connectivity index (χ4v) is 3.96. The van der Waals surface area contributed by atoms with Gasteiger partial charge in [0.15, 0.2) is 0 Å². The number of hydrogen-bond acceptors (Lipinski definition) is 6. The van der Waals surface area contributed by atoms with Gasteiger partial charge in [-0.15, -0.1) is 0 Å². The third-order valence-corrected chi connectivity index (χ3v) is 5.65. The largest absolute Gasteiger partial charge is 0.494 e. The second kappa shape index (κ2) is 7.64. The summed E-state index contributed by atoms with van der Waals surface area (Å²) in [5.74, 6) is 0.223. The van der Waals surface area contributed by atoms with Gasteiger partial charge in [-0.2, -0.15) is 0 Å². The Hall–Kier alpha value is -2.93. The second-order valence-corrected chi connectivity index (χ2v) is 9.22. The zero-order chi connectivity index (χ0) is 22.4. The number of anilines is 1. The van der Waals surface area contributed by atoms with Crippen molar-refractivity contribution in [3.05, 3.63) is 41.7 Å². The van der Waals surface area contributed by atoms with Crippen LogP contribution in [0.3, 0.4) is 0 Å². The van der Waals surface area contributed by atoms with Gasteiger partial charge in [0.2, 0.25) is 5.91 Å². The molecule has 2 heterocycles. The van der Waals surface area contributed by atoms with Crippen molar-refractivity contribution in [3.8, 4) is 16.9 Å². The third-order valence-electron chi connectivity index (χ3n) is 5.65. The number of pyridine rings is 1. The van der Waals surface area contributed by atoms with Crippen molar-refractivity contribution >= 4 is 17.6 Å². The van der Waals surface area contributed by atoms with E-state index in [1.807, 2.05) is 50.8 Å². The number of esters is 1. The molecule has 0 atom stereocenters. The number of benzene rings is 1. The van der Waals surface area contributed by atoms with Gasteiger partial charge in [-0.05, 0) is 64.8 Å². The molecule has 1 aliphatic heterocycles. The molecule has 31 heavy (non-hydrogen) atoms. The van der Waals surface area contributed by atoms with Gasteiger partial charge < -0.3 is 19.7 Å². The zero-order valence-electron chi connectivity index (χ0n) is 18.7. The summed E-state index contributed by atoms with van der Waals surface area (Å²) in [5.41, 5.74) is 2.34. The highest BCUT2D eigenvalue weighted by molar-refractivity contribution is 6.05. The molecule has 1 spiro atoms. The molecule has 1 amide bonds. The Morgan fingerprint density at radius 3 is 2.58 bits per heavy atom. The van der Waals surface area contributed by atoms with E-state index in [0.29, 0.717) is 23.4 Å². The van der Waals surface area contributed by atoms with Gasteiger partial charge >= 0.3 is 5.97 Å². The Balaban J connectivity index is 1.83. The second-order valence-electron chi connectivity index (χ2n) is 9.22. The van der Waals surface area contributed by atoms with Crippen molar-refractivity contribution in [2.45, 2.75) is 51.7 Å². The zero-order valence-corrected chi connectivity index (χ0v) is 18.7. The van der Waals surface area contributed by atoms with Gasteiger partial charge in [-0.25, -0.2) is 4.79 Å². The number of carbonyl (C=O) groups excluding carboxylic acids is 2. The molecule has 2 aliphatic rings. The van der Waals surface area contributed by atoms with E-state index in [2.05, 4.69) is 10.3 Å². The number of nitrogens with one attached hydrogen (secondary N) is 1. The highest BCUT2D eigenvalue weighted by Crippen LogP contribution is 2.41. The summed E-state index contributed by atoms with van der Waals surface area (Å²) in [6.45, 7) is 8.72. The van der Waals surface area contributed by atoms with E-state index in [1.54, 1.807) is 19.4 Å². The molecular formula is C24H29N3O4. The SMILES string of the molecule is COc1cnc(C)cc1-c1cc(N2CCNC3(CC3)C2=O)ccc1C(=O)OC(C)(C)C. The number of aromatic nitrogens is 1. The molecule has 0 bridgehead atoms.